The van der Waals surface area contributed by atoms with Crippen molar-refractivity contribution >= 4 is 12.1 Å². The lowest BCUT2D eigenvalue weighted by Gasteiger charge is -2.19. The zero-order chi connectivity index (χ0) is 21.3. The Labute approximate surface area is 174 Å². The van der Waals surface area contributed by atoms with Gasteiger partial charge in [0.1, 0.15) is 6.61 Å². The summed E-state index contributed by atoms with van der Waals surface area (Å²) in [7, 11) is 1.77. The van der Waals surface area contributed by atoms with E-state index in [1.54, 1.807) is 17.9 Å². The zero-order valence-corrected chi connectivity index (χ0v) is 16.8. The molecule has 1 aromatic heterocycles. The van der Waals surface area contributed by atoms with Gasteiger partial charge in [0.2, 0.25) is 0 Å². The normalized spacial score (nSPS) is 13.4. The van der Waals surface area contributed by atoms with Gasteiger partial charge in [-0.3, -0.25) is 9.48 Å². The number of carbonyl (C=O) groups is 2. The molecule has 154 valence electrons. The highest BCUT2D eigenvalue weighted by molar-refractivity contribution is 5.79. The van der Waals surface area contributed by atoms with Crippen molar-refractivity contribution in [1.29, 1.82) is 0 Å². The lowest BCUT2D eigenvalue weighted by Crippen LogP contribution is -2.32. The topological polar surface area (TPSA) is 93.5 Å². The highest BCUT2D eigenvalue weighted by atomic mass is 16.5. The third-order valence-electron chi connectivity index (χ3n) is 5.66. The van der Waals surface area contributed by atoms with E-state index in [2.05, 4.69) is 22.5 Å². The molecule has 30 heavy (non-hydrogen) atoms. The van der Waals surface area contributed by atoms with Gasteiger partial charge in [0.15, 0.2) is 0 Å². The van der Waals surface area contributed by atoms with Crippen LogP contribution in [0.15, 0.2) is 54.7 Å². The fraction of sp³-hybridized carbons (Fsp3) is 0.261. The number of nitrogens with one attached hydrogen (secondary N) is 1. The number of ether oxygens (including phenoxy) is 1. The third kappa shape index (κ3) is 3.66. The van der Waals surface area contributed by atoms with Gasteiger partial charge in [-0.15, -0.1) is 0 Å². The van der Waals surface area contributed by atoms with Crippen molar-refractivity contribution in [2.45, 2.75) is 25.3 Å². The Bertz CT molecular complexity index is 1060. The van der Waals surface area contributed by atoms with Crippen LogP contribution in [-0.4, -0.2) is 33.6 Å². The number of aryl methyl sites for hydroxylation is 1. The average molecular weight is 405 g/mol. The average Bonchev–Trinajstić information content (AvgIpc) is 3.23. The lowest BCUT2D eigenvalue weighted by molar-refractivity contribution is -0.137. The highest BCUT2D eigenvalue weighted by Gasteiger charge is 2.29. The zero-order valence-electron chi connectivity index (χ0n) is 16.8. The largest absolute Gasteiger partial charge is 0.481 e. The number of alkyl carbamates (subject to hydrolysis) is 1. The van der Waals surface area contributed by atoms with Crippen LogP contribution >= 0.6 is 0 Å². The molecule has 0 spiro atoms. The molecule has 0 aliphatic heterocycles. The van der Waals surface area contributed by atoms with E-state index < -0.39 is 18.1 Å². The number of amides is 1. The molecule has 0 radical (unpaired) electrons. The van der Waals surface area contributed by atoms with Gasteiger partial charge in [0, 0.05) is 24.2 Å². The molecule has 2 N–H and O–H groups in total. The Balaban J connectivity index is 1.49. The van der Waals surface area contributed by atoms with Crippen LogP contribution in [0.1, 0.15) is 40.8 Å². The summed E-state index contributed by atoms with van der Waals surface area (Å²) in [4.78, 5) is 23.9. The van der Waals surface area contributed by atoms with Gasteiger partial charge < -0.3 is 15.2 Å². The van der Waals surface area contributed by atoms with Gasteiger partial charge in [-0.1, -0.05) is 48.5 Å². The van der Waals surface area contributed by atoms with Crippen molar-refractivity contribution in [3.63, 3.8) is 0 Å². The first-order chi connectivity index (χ1) is 14.5. The maximum atomic E-state index is 12.6. The van der Waals surface area contributed by atoms with Gasteiger partial charge in [0.05, 0.1) is 18.7 Å². The van der Waals surface area contributed by atoms with Crippen molar-refractivity contribution < 1.29 is 19.4 Å². The van der Waals surface area contributed by atoms with E-state index in [9.17, 15) is 14.7 Å². The molecule has 1 aliphatic carbocycles. The number of nitrogens with zero attached hydrogens (tertiary/aromatic N) is 2. The molecule has 0 bridgehead atoms. The molecular formula is C23H23N3O4. The molecule has 1 amide bonds. The first-order valence-corrected chi connectivity index (χ1v) is 9.77. The molecule has 7 heteroatoms. The number of aromatic nitrogens is 2. The smallest absolute Gasteiger partial charge is 0.407 e. The predicted octanol–water partition coefficient (Wildman–Crippen LogP) is 3.78. The van der Waals surface area contributed by atoms with Crippen LogP contribution in [0.25, 0.3) is 11.1 Å². The second-order valence-corrected chi connectivity index (χ2v) is 7.43. The third-order valence-corrected chi connectivity index (χ3v) is 5.66. The number of benzene rings is 2. The van der Waals surface area contributed by atoms with Crippen LogP contribution in [0.5, 0.6) is 0 Å². The number of fused-ring (bicyclic) bond motifs is 3. The Morgan fingerprint density at radius 3 is 2.27 bits per heavy atom. The molecule has 3 aromatic rings. The maximum Gasteiger partial charge on any atom is 0.407 e. The molecule has 1 aliphatic rings. The van der Waals surface area contributed by atoms with E-state index in [-0.39, 0.29) is 18.9 Å². The maximum absolute atomic E-state index is 12.6. The summed E-state index contributed by atoms with van der Waals surface area (Å²) >= 11 is 0. The Hall–Kier alpha value is -3.61. The van der Waals surface area contributed by atoms with Crippen LogP contribution in [0.2, 0.25) is 0 Å². The first kappa shape index (κ1) is 19.7. The number of rotatable bonds is 6. The van der Waals surface area contributed by atoms with E-state index >= 15 is 0 Å². The fourth-order valence-corrected chi connectivity index (χ4v) is 4.05. The van der Waals surface area contributed by atoms with Gasteiger partial charge in [-0.05, 0) is 29.2 Å². The van der Waals surface area contributed by atoms with Crippen molar-refractivity contribution in [2.75, 3.05) is 6.61 Å². The quantitative estimate of drug-likeness (QED) is 0.651. The summed E-state index contributed by atoms with van der Waals surface area (Å²) in [5.41, 5.74) is 6.00. The molecule has 0 saturated carbocycles. The molecule has 4 rings (SSSR count). The van der Waals surface area contributed by atoms with Gasteiger partial charge >= 0.3 is 12.1 Å². The minimum atomic E-state index is -1.01. The van der Waals surface area contributed by atoms with Crippen molar-refractivity contribution in [1.82, 2.24) is 15.1 Å². The SMILES string of the molecule is Cc1c(C(CC(=O)O)NC(=O)OCC2c3ccccc3-c3ccccc32)cnn1C. The number of carboxylic acids is 1. The van der Waals surface area contributed by atoms with Crippen LogP contribution < -0.4 is 5.32 Å². The predicted molar refractivity (Wildman–Crippen MR) is 111 cm³/mol. The van der Waals surface area contributed by atoms with E-state index in [1.165, 1.54) is 0 Å². The highest BCUT2D eigenvalue weighted by Crippen LogP contribution is 2.44. The number of aliphatic carboxylic acids is 1. The Kier molecular flexibility index (Phi) is 5.27. The molecule has 0 saturated heterocycles. The van der Waals surface area contributed by atoms with E-state index in [0.717, 1.165) is 27.9 Å². The van der Waals surface area contributed by atoms with Gasteiger partial charge in [0.25, 0.3) is 0 Å². The second-order valence-electron chi connectivity index (χ2n) is 7.43. The standard InChI is InChI=1S/C23H23N3O4/c1-14-19(12-24-26(14)2)21(11-22(27)28)25-23(29)30-13-20-17-9-5-3-7-15(17)16-8-4-6-10-18(16)20/h3-10,12,20-21H,11,13H2,1-2H3,(H,25,29)(H,27,28). The van der Waals surface area contributed by atoms with E-state index in [1.807, 2.05) is 43.3 Å². The van der Waals surface area contributed by atoms with Gasteiger partial charge in [-0.25, -0.2) is 4.79 Å². The second kappa shape index (κ2) is 8.02. The molecular weight excluding hydrogens is 382 g/mol. The molecule has 1 heterocycles. The summed E-state index contributed by atoms with van der Waals surface area (Å²) < 4.78 is 7.19. The molecule has 2 aromatic carbocycles. The monoisotopic (exact) mass is 405 g/mol. The van der Waals surface area contributed by atoms with Crippen LogP contribution in [0.4, 0.5) is 4.79 Å². The van der Waals surface area contributed by atoms with Crippen molar-refractivity contribution in [3.05, 3.63) is 77.1 Å². The number of hydrogen-bond acceptors (Lipinski definition) is 4. The minimum Gasteiger partial charge on any atom is -0.481 e. The number of hydrogen-bond donors (Lipinski definition) is 2. The van der Waals surface area contributed by atoms with E-state index in [4.69, 9.17) is 4.74 Å². The molecule has 7 nitrogen and oxygen atoms in total. The number of carboxylic acid groups (broad SMARTS) is 1. The lowest BCUT2D eigenvalue weighted by atomic mass is 9.98. The molecule has 1 atom stereocenters. The Morgan fingerprint density at radius 2 is 1.73 bits per heavy atom. The number of carbonyl (C=O) groups excluding carboxylic acids is 1. The summed E-state index contributed by atoms with van der Waals surface area (Å²) in [5.74, 6) is -1.07. The van der Waals surface area contributed by atoms with Crippen LogP contribution in [-0.2, 0) is 16.6 Å². The Morgan fingerprint density at radius 1 is 1.13 bits per heavy atom. The summed E-state index contributed by atoms with van der Waals surface area (Å²) in [5, 5.41) is 16.1. The molecule has 0 fully saturated rings. The van der Waals surface area contributed by atoms with Crippen molar-refractivity contribution in [3.8, 4) is 11.1 Å². The van der Waals surface area contributed by atoms with Crippen LogP contribution in [0, 0.1) is 6.92 Å². The summed E-state index contributed by atoms with van der Waals surface area (Å²) in [6.45, 7) is 2.00. The summed E-state index contributed by atoms with van der Waals surface area (Å²) in [6.07, 6.45) is 0.676. The summed E-state index contributed by atoms with van der Waals surface area (Å²) in [6, 6.07) is 15.5. The fourth-order valence-electron chi connectivity index (χ4n) is 4.05. The van der Waals surface area contributed by atoms with Crippen molar-refractivity contribution in [2.24, 2.45) is 7.05 Å². The first-order valence-electron chi connectivity index (χ1n) is 9.77. The van der Waals surface area contributed by atoms with Gasteiger partial charge in [-0.2, -0.15) is 5.10 Å². The van der Waals surface area contributed by atoms with Crippen LogP contribution in [0.3, 0.4) is 0 Å². The minimum absolute atomic E-state index is 0.0544. The molecule has 1 unspecified atom stereocenters. The van der Waals surface area contributed by atoms with E-state index in [0.29, 0.717) is 5.56 Å².